The first kappa shape index (κ1) is 19.9. The minimum absolute atomic E-state index is 0.0799. The summed E-state index contributed by atoms with van der Waals surface area (Å²) in [5.41, 5.74) is 0. The van der Waals surface area contributed by atoms with Crippen LogP contribution >= 0.6 is 0 Å². The van der Waals surface area contributed by atoms with Gasteiger partial charge in [0.15, 0.2) is 0 Å². The third-order valence-electron chi connectivity index (χ3n) is 3.43. The maximum Gasteiger partial charge on any atom is 0.312 e. The number of carboxylic acid groups (broad SMARTS) is 1. The van der Waals surface area contributed by atoms with Crippen LogP contribution in [-0.4, -0.2) is 60.5 Å². The van der Waals surface area contributed by atoms with Crippen LogP contribution in [0.1, 0.15) is 33.6 Å². The topological polar surface area (TPSA) is 125 Å². The Morgan fingerprint density at radius 1 is 1.04 bits per heavy atom. The van der Waals surface area contributed by atoms with Crippen molar-refractivity contribution in [2.75, 3.05) is 13.2 Å². The summed E-state index contributed by atoms with van der Waals surface area (Å²) in [5, 5.41) is 9.35. The van der Waals surface area contributed by atoms with E-state index in [1.54, 1.807) is 0 Å². The Kier molecular flexibility index (Phi) is 7.63. The lowest BCUT2D eigenvalue weighted by Crippen LogP contribution is -2.46. The second kappa shape index (κ2) is 9.21. The molecule has 0 bridgehead atoms. The predicted octanol–water partition coefficient (Wildman–Crippen LogP) is 0.293. The number of esters is 3. The fourth-order valence-corrected chi connectivity index (χ4v) is 2.46. The fraction of sp³-hybridized carbons (Fsp3) is 0.733. The van der Waals surface area contributed by atoms with E-state index in [0.717, 1.165) is 0 Å². The molecule has 0 saturated carbocycles. The minimum Gasteiger partial charge on any atom is -0.481 e. The van der Waals surface area contributed by atoms with E-state index < -0.39 is 48.1 Å². The molecule has 136 valence electrons. The average Bonchev–Trinajstić information content (AvgIpc) is 2.43. The molecule has 24 heavy (non-hydrogen) atoms. The van der Waals surface area contributed by atoms with E-state index in [1.165, 1.54) is 20.8 Å². The average molecular weight is 346 g/mol. The van der Waals surface area contributed by atoms with Gasteiger partial charge in [0.05, 0.1) is 12.2 Å². The summed E-state index contributed by atoms with van der Waals surface area (Å²) in [6, 6.07) is 0. The Labute approximate surface area is 139 Å². The number of hydrogen-bond acceptors (Lipinski definition) is 8. The maximum absolute atomic E-state index is 11.4. The molecule has 0 aliphatic carbocycles. The van der Waals surface area contributed by atoms with Crippen LogP contribution in [0.4, 0.5) is 0 Å². The SMILES string of the molecule is CC(=O)OCC(C(=O)O)C1C[C@@H](OC(C)=O)C[C@@H](COC(C)=O)O1. The van der Waals surface area contributed by atoms with Crippen molar-refractivity contribution in [3.05, 3.63) is 0 Å². The van der Waals surface area contributed by atoms with Gasteiger partial charge in [0.2, 0.25) is 0 Å². The highest BCUT2D eigenvalue weighted by Crippen LogP contribution is 2.28. The van der Waals surface area contributed by atoms with E-state index in [0.29, 0.717) is 0 Å². The van der Waals surface area contributed by atoms with Crippen molar-refractivity contribution in [3.8, 4) is 0 Å². The Morgan fingerprint density at radius 3 is 2.17 bits per heavy atom. The molecule has 0 radical (unpaired) electrons. The summed E-state index contributed by atoms with van der Waals surface area (Å²) in [7, 11) is 0. The molecule has 0 amide bonds. The molecule has 1 aliphatic heterocycles. The lowest BCUT2D eigenvalue weighted by molar-refractivity contribution is -0.183. The van der Waals surface area contributed by atoms with Gasteiger partial charge in [-0.25, -0.2) is 0 Å². The van der Waals surface area contributed by atoms with Gasteiger partial charge in [-0.2, -0.15) is 0 Å². The molecule has 1 rings (SSSR count). The number of carboxylic acids is 1. The molecule has 1 saturated heterocycles. The first-order chi connectivity index (χ1) is 11.2. The van der Waals surface area contributed by atoms with Crippen LogP contribution in [0.3, 0.4) is 0 Å². The quantitative estimate of drug-likeness (QED) is 0.511. The molecule has 0 spiro atoms. The van der Waals surface area contributed by atoms with Gasteiger partial charge in [0.25, 0.3) is 0 Å². The molecular formula is C15H22O9. The Balaban J connectivity index is 2.82. The normalized spacial score (nSPS) is 24.5. The lowest BCUT2D eigenvalue weighted by atomic mass is 9.92. The number of carbonyl (C=O) groups excluding carboxylic acids is 3. The van der Waals surface area contributed by atoms with Crippen molar-refractivity contribution < 1.29 is 43.2 Å². The van der Waals surface area contributed by atoms with Gasteiger partial charge in [0, 0.05) is 33.6 Å². The van der Waals surface area contributed by atoms with Crippen molar-refractivity contribution in [3.63, 3.8) is 0 Å². The summed E-state index contributed by atoms with van der Waals surface area (Å²) in [6.45, 7) is 3.22. The molecular weight excluding hydrogens is 324 g/mol. The second-order valence-corrected chi connectivity index (χ2v) is 5.55. The van der Waals surface area contributed by atoms with E-state index in [4.69, 9.17) is 18.9 Å². The molecule has 1 aliphatic rings. The summed E-state index contributed by atoms with van der Waals surface area (Å²) < 4.78 is 20.5. The molecule has 9 nitrogen and oxygen atoms in total. The van der Waals surface area contributed by atoms with Crippen molar-refractivity contribution in [1.82, 2.24) is 0 Å². The smallest absolute Gasteiger partial charge is 0.312 e. The Morgan fingerprint density at radius 2 is 1.67 bits per heavy atom. The van der Waals surface area contributed by atoms with Crippen molar-refractivity contribution in [2.24, 2.45) is 5.92 Å². The minimum atomic E-state index is -1.20. The molecule has 0 aromatic rings. The number of aliphatic carboxylic acids is 1. The summed E-state index contributed by atoms with van der Waals surface area (Å²) in [4.78, 5) is 44.5. The van der Waals surface area contributed by atoms with Crippen LogP contribution in [0.15, 0.2) is 0 Å². The van der Waals surface area contributed by atoms with Gasteiger partial charge in [-0.05, 0) is 0 Å². The van der Waals surface area contributed by atoms with Crippen LogP contribution in [0.2, 0.25) is 0 Å². The van der Waals surface area contributed by atoms with E-state index >= 15 is 0 Å². The van der Waals surface area contributed by atoms with Crippen LogP contribution in [0.25, 0.3) is 0 Å². The number of hydrogen-bond donors (Lipinski definition) is 1. The van der Waals surface area contributed by atoms with Crippen molar-refractivity contribution in [2.45, 2.75) is 51.9 Å². The fourth-order valence-electron chi connectivity index (χ4n) is 2.46. The third kappa shape index (κ3) is 6.95. The summed E-state index contributed by atoms with van der Waals surface area (Å²) >= 11 is 0. The standard InChI is InChI=1S/C15H22O9/c1-8(16)21-6-12-4-11(23-10(3)18)5-14(24-12)13(15(19)20)7-22-9(2)17/h11-14H,4-7H2,1-3H3,(H,19,20)/t11-,12-,13?,14?/m0/s1. The van der Waals surface area contributed by atoms with Gasteiger partial charge in [-0.3, -0.25) is 19.2 Å². The summed E-state index contributed by atoms with van der Waals surface area (Å²) in [5.74, 6) is -3.92. The molecule has 1 heterocycles. The zero-order valence-corrected chi connectivity index (χ0v) is 13.9. The maximum atomic E-state index is 11.4. The van der Waals surface area contributed by atoms with Gasteiger partial charge in [-0.1, -0.05) is 0 Å². The monoisotopic (exact) mass is 346 g/mol. The molecule has 2 unspecified atom stereocenters. The number of carbonyl (C=O) groups is 4. The second-order valence-electron chi connectivity index (χ2n) is 5.55. The highest BCUT2D eigenvalue weighted by atomic mass is 16.6. The predicted molar refractivity (Wildman–Crippen MR) is 77.8 cm³/mol. The first-order valence-corrected chi connectivity index (χ1v) is 7.51. The lowest BCUT2D eigenvalue weighted by Gasteiger charge is -2.36. The molecule has 4 atom stereocenters. The van der Waals surface area contributed by atoms with E-state index in [-0.39, 0.29) is 26.1 Å². The van der Waals surface area contributed by atoms with Crippen molar-refractivity contribution in [1.29, 1.82) is 0 Å². The van der Waals surface area contributed by atoms with Gasteiger partial charge < -0.3 is 24.1 Å². The Hall–Kier alpha value is -2.16. The van der Waals surface area contributed by atoms with Gasteiger partial charge in [0.1, 0.15) is 25.2 Å². The number of ether oxygens (including phenoxy) is 4. The molecule has 1 fully saturated rings. The van der Waals surface area contributed by atoms with Gasteiger partial charge in [-0.15, -0.1) is 0 Å². The van der Waals surface area contributed by atoms with Crippen LogP contribution in [0.5, 0.6) is 0 Å². The number of rotatable bonds is 7. The molecule has 9 heteroatoms. The van der Waals surface area contributed by atoms with Crippen LogP contribution in [0, 0.1) is 5.92 Å². The third-order valence-corrected chi connectivity index (χ3v) is 3.43. The highest BCUT2D eigenvalue weighted by molar-refractivity contribution is 5.72. The highest BCUT2D eigenvalue weighted by Gasteiger charge is 2.39. The van der Waals surface area contributed by atoms with Crippen molar-refractivity contribution >= 4 is 23.9 Å². The largest absolute Gasteiger partial charge is 0.481 e. The van der Waals surface area contributed by atoms with Gasteiger partial charge >= 0.3 is 23.9 Å². The van der Waals surface area contributed by atoms with E-state index in [9.17, 15) is 24.3 Å². The van der Waals surface area contributed by atoms with Crippen LogP contribution < -0.4 is 0 Å². The zero-order chi connectivity index (χ0) is 18.3. The van der Waals surface area contributed by atoms with E-state index in [2.05, 4.69) is 0 Å². The van der Waals surface area contributed by atoms with E-state index in [1.807, 2.05) is 0 Å². The molecule has 0 aromatic carbocycles. The first-order valence-electron chi connectivity index (χ1n) is 7.51. The van der Waals surface area contributed by atoms with Crippen LogP contribution in [-0.2, 0) is 38.1 Å². The Bertz CT molecular complexity index is 487. The zero-order valence-electron chi connectivity index (χ0n) is 13.9. The summed E-state index contributed by atoms with van der Waals surface area (Å²) in [6.07, 6.45) is -1.60. The molecule has 0 aromatic heterocycles. The molecule has 1 N–H and O–H groups in total.